The van der Waals surface area contributed by atoms with Crippen LogP contribution in [0.3, 0.4) is 0 Å². The zero-order chi connectivity index (χ0) is 15.7. The first-order chi connectivity index (χ1) is 10.6. The highest BCUT2D eigenvalue weighted by atomic mass is 19.1. The second-order valence-electron chi connectivity index (χ2n) is 6.57. The van der Waals surface area contributed by atoms with Crippen LogP contribution >= 0.6 is 0 Å². The van der Waals surface area contributed by atoms with E-state index < -0.39 is 5.82 Å². The highest BCUT2D eigenvalue weighted by molar-refractivity contribution is 5.99. The molecule has 0 aromatic heterocycles. The fourth-order valence-corrected chi connectivity index (χ4v) is 4.07. The van der Waals surface area contributed by atoms with E-state index in [1.165, 1.54) is 18.6 Å². The van der Waals surface area contributed by atoms with E-state index in [2.05, 4.69) is 18.0 Å². The summed E-state index contributed by atoms with van der Waals surface area (Å²) in [7, 11) is 2.15. The Morgan fingerprint density at radius 3 is 2.68 bits per heavy atom. The molecule has 4 heteroatoms. The Hall–Kier alpha value is -1.73. The van der Waals surface area contributed by atoms with E-state index in [0.29, 0.717) is 23.2 Å². The van der Waals surface area contributed by atoms with Crippen LogP contribution in [-0.2, 0) is 6.42 Å². The summed E-state index contributed by atoms with van der Waals surface area (Å²) >= 11 is 0. The topological polar surface area (TPSA) is 44.1 Å². The summed E-state index contributed by atoms with van der Waals surface area (Å²) in [6.45, 7) is 0. The number of ketones is 1. The first-order valence-corrected chi connectivity index (χ1v) is 8.01. The summed E-state index contributed by atoms with van der Waals surface area (Å²) in [6, 6.07) is 7.21. The van der Waals surface area contributed by atoms with E-state index in [0.717, 1.165) is 25.7 Å². The van der Waals surface area contributed by atoms with Crippen molar-refractivity contribution in [3.63, 3.8) is 0 Å². The molecule has 3 nitrogen and oxygen atoms in total. The zero-order valence-corrected chi connectivity index (χ0v) is 12.9. The lowest BCUT2D eigenvalue weighted by Crippen LogP contribution is -2.51. The van der Waals surface area contributed by atoms with Crippen molar-refractivity contribution in [2.45, 2.75) is 50.6 Å². The molecule has 2 aliphatic rings. The third-order valence-electron chi connectivity index (χ3n) is 5.32. The number of carbonyl (C=O) groups is 1. The predicted octanol–water partition coefficient (Wildman–Crippen LogP) is 3.34. The van der Waals surface area contributed by atoms with Gasteiger partial charge < -0.3 is 4.90 Å². The molecule has 3 rings (SSSR count). The minimum Gasteiger partial charge on any atom is -0.300 e. The number of nitrogens with zero attached hydrogens (tertiary/aromatic N) is 2. The fourth-order valence-electron chi connectivity index (χ4n) is 4.07. The third kappa shape index (κ3) is 2.78. The van der Waals surface area contributed by atoms with Gasteiger partial charge in [-0.05, 0) is 50.4 Å². The molecule has 0 amide bonds. The van der Waals surface area contributed by atoms with Crippen molar-refractivity contribution in [1.82, 2.24) is 4.90 Å². The lowest BCUT2D eigenvalue weighted by molar-refractivity contribution is 0.0338. The lowest BCUT2D eigenvalue weighted by atomic mass is 9.75. The molecule has 0 aliphatic carbocycles. The lowest BCUT2D eigenvalue weighted by Gasteiger charge is -2.46. The van der Waals surface area contributed by atoms with Crippen molar-refractivity contribution in [3.8, 4) is 6.07 Å². The standard InChI is InChI=1S/C18H21FN2O/c1-21-15-3-2-4-16(21)10-13(9-15)18(22)17-11-14(19)6-5-12(17)7-8-20/h5-6,11,13,15-16H,2-4,7,9-10H2,1H3. The smallest absolute Gasteiger partial charge is 0.166 e. The van der Waals surface area contributed by atoms with Gasteiger partial charge in [0.05, 0.1) is 12.5 Å². The van der Waals surface area contributed by atoms with Crippen molar-refractivity contribution in [2.24, 2.45) is 5.92 Å². The molecule has 116 valence electrons. The van der Waals surface area contributed by atoms with E-state index in [9.17, 15) is 9.18 Å². The van der Waals surface area contributed by atoms with E-state index >= 15 is 0 Å². The van der Waals surface area contributed by atoms with Crippen molar-refractivity contribution >= 4 is 5.78 Å². The number of Topliss-reactive ketones (excluding diaryl/α,β-unsaturated/α-hetero) is 1. The van der Waals surface area contributed by atoms with Crippen molar-refractivity contribution in [3.05, 3.63) is 35.1 Å². The summed E-state index contributed by atoms with van der Waals surface area (Å²) in [5.74, 6) is -0.418. The van der Waals surface area contributed by atoms with Gasteiger partial charge >= 0.3 is 0 Å². The van der Waals surface area contributed by atoms with E-state index in [1.54, 1.807) is 6.07 Å². The Morgan fingerprint density at radius 1 is 1.36 bits per heavy atom. The largest absolute Gasteiger partial charge is 0.300 e. The van der Waals surface area contributed by atoms with Crippen LogP contribution in [0, 0.1) is 23.1 Å². The second-order valence-corrected chi connectivity index (χ2v) is 6.57. The van der Waals surface area contributed by atoms with Gasteiger partial charge in [0.15, 0.2) is 5.78 Å². The van der Waals surface area contributed by atoms with E-state index in [1.807, 2.05) is 0 Å². The number of rotatable bonds is 3. The molecule has 2 atom stereocenters. The zero-order valence-electron chi connectivity index (χ0n) is 12.9. The van der Waals surface area contributed by atoms with Gasteiger partial charge in [0, 0.05) is 23.6 Å². The SMILES string of the molecule is CN1C2CCCC1CC(C(=O)c1cc(F)ccc1CC#N)C2. The highest BCUT2D eigenvalue weighted by Gasteiger charge is 2.39. The molecule has 1 aromatic carbocycles. The van der Waals surface area contributed by atoms with Crippen LogP contribution in [0.2, 0.25) is 0 Å². The van der Waals surface area contributed by atoms with Crippen LogP contribution in [-0.4, -0.2) is 29.8 Å². The number of carbonyl (C=O) groups excluding carboxylic acids is 1. The Morgan fingerprint density at radius 2 is 2.05 bits per heavy atom. The molecule has 0 radical (unpaired) electrons. The molecule has 2 saturated heterocycles. The second kappa shape index (κ2) is 6.18. The van der Waals surface area contributed by atoms with Gasteiger partial charge in [0.2, 0.25) is 0 Å². The Kier molecular flexibility index (Phi) is 4.26. The molecule has 0 spiro atoms. The molecule has 2 unspecified atom stereocenters. The molecule has 22 heavy (non-hydrogen) atoms. The average Bonchev–Trinajstić information content (AvgIpc) is 2.48. The van der Waals surface area contributed by atoms with Crippen LogP contribution in [0.25, 0.3) is 0 Å². The number of halogens is 1. The first kappa shape index (κ1) is 15.2. The van der Waals surface area contributed by atoms with Gasteiger partial charge in [-0.2, -0.15) is 5.26 Å². The molecule has 0 N–H and O–H groups in total. The molecule has 2 aliphatic heterocycles. The Bertz CT molecular complexity index is 608. The van der Waals surface area contributed by atoms with Gasteiger partial charge in [-0.1, -0.05) is 12.5 Å². The third-order valence-corrected chi connectivity index (χ3v) is 5.32. The number of nitriles is 1. The van der Waals surface area contributed by atoms with Gasteiger partial charge in [-0.15, -0.1) is 0 Å². The van der Waals surface area contributed by atoms with Gasteiger partial charge in [0.25, 0.3) is 0 Å². The van der Waals surface area contributed by atoms with Crippen LogP contribution < -0.4 is 0 Å². The number of piperidine rings is 2. The number of benzene rings is 1. The Labute approximate surface area is 130 Å². The van der Waals surface area contributed by atoms with Crippen LogP contribution in [0.4, 0.5) is 4.39 Å². The highest BCUT2D eigenvalue weighted by Crippen LogP contribution is 2.37. The molecular formula is C18H21FN2O. The van der Waals surface area contributed by atoms with Gasteiger partial charge in [0.1, 0.15) is 5.82 Å². The quantitative estimate of drug-likeness (QED) is 0.804. The predicted molar refractivity (Wildman–Crippen MR) is 82.0 cm³/mol. The van der Waals surface area contributed by atoms with Crippen molar-refractivity contribution in [2.75, 3.05) is 7.05 Å². The van der Waals surface area contributed by atoms with E-state index in [-0.39, 0.29) is 18.1 Å². The maximum absolute atomic E-state index is 13.6. The molecule has 2 heterocycles. The number of hydrogen-bond donors (Lipinski definition) is 0. The van der Waals surface area contributed by atoms with Crippen LogP contribution in [0.5, 0.6) is 0 Å². The Balaban J connectivity index is 1.85. The van der Waals surface area contributed by atoms with Crippen molar-refractivity contribution < 1.29 is 9.18 Å². The van der Waals surface area contributed by atoms with Crippen LogP contribution in [0.15, 0.2) is 18.2 Å². The molecule has 0 saturated carbocycles. The molecule has 2 fully saturated rings. The molecular weight excluding hydrogens is 279 g/mol. The summed E-state index contributed by atoms with van der Waals surface area (Å²) in [4.78, 5) is 15.3. The van der Waals surface area contributed by atoms with Gasteiger partial charge in [-0.25, -0.2) is 4.39 Å². The summed E-state index contributed by atoms with van der Waals surface area (Å²) in [5.41, 5.74) is 1.06. The van der Waals surface area contributed by atoms with Gasteiger partial charge in [-0.3, -0.25) is 4.79 Å². The summed E-state index contributed by atoms with van der Waals surface area (Å²) in [5, 5.41) is 8.91. The number of fused-ring (bicyclic) bond motifs is 2. The molecule has 1 aromatic rings. The van der Waals surface area contributed by atoms with Crippen molar-refractivity contribution in [1.29, 1.82) is 5.26 Å². The summed E-state index contributed by atoms with van der Waals surface area (Å²) < 4.78 is 13.6. The monoisotopic (exact) mass is 300 g/mol. The number of hydrogen-bond acceptors (Lipinski definition) is 3. The first-order valence-electron chi connectivity index (χ1n) is 8.01. The summed E-state index contributed by atoms with van der Waals surface area (Å²) in [6.07, 6.45) is 5.39. The van der Waals surface area contributed by atoms with E-state index in [4.69, 9.17) is 5.26 Å². The van der Waals surface area contributed by atoms with Crippen LogP contribution in [0.1, 0.15) is 48.0 Å². The maximum Gasteiger partial charge on any atom is 0.166 e. The minimum absolute atomic E-state index is 0.0229. The molecule has 2 bridgehead atoms. The maximum atomic E-state index is 13.6. The average molecular weight is 300 g/mol. The normalized spacial score (nSPS) is 28.1. The minimum atomic E-state index is -0.404. The fraction of sp³-hybridized carbons (Fsp3) is 0.556.